The van der Waals surface area contributed by atoms with Gasteiger partial charge >= 0.3 is 0 Å². The molecule has 0 N–H and O–H groups in total. The van der Waals surface area contributed by atoms with Crippen molar-refractivity contribution in [3.8, 4) is 5.75 Å². The molecular weight excluding hydrogens is 164 g/mol. The zero-order valence-electron chi connectivity index (χ0n) is 7.61. The summed E-state index contributed by atoms with van der Waals surface area (Å²) < 4.78 is 5.16. The van der Waals surface area contributed by atoms with Crippen LogP contribution in [0.15, 0.2) is 24.5 Å². The second-order valence-corrected chi connectivity index (χ2v) is 2.83. The highest BCUT2D eigenvalue weighted by atomic mass is 16.5. The Hall–Kier alpha value is -1.64. The molecule has 3 nitrogen and oxygen atoms in total. The smallest absolute Gasteiger partial charge is 0.159 e. The predicted molar refractivity (Wildman–Crippen MR) is 50.8 cm³/mol. The Morgan fingerprint density at radius 2 is 2.15 bits per heavy atom. The monoisotopic (exact) mass is 174 g/mol. The second-order valence-electron chi connectivity index (χ2n) is 2.83. The summed E-state index contributed by atoms with van der Waals surface area (Å²) in [7, 11) is 1.65. The van der Waals surface area contributed by atoms with Crippen molar-refractivity contribution < 1.29 is 4.74 Å². The first-order valence-electron chi connectivity index (χ1n) is 4.07. The number of fused-ring (bicyclic) bond motifs is 1. The third-order valence-electron chi connectivity index (χ3n) is 2.08. The first-order chi connectivity index (χ1) is 6.33. The van der Waals surface area contributed by atoms with Crippen LogP contribution in [-0.4, -0.2) is 17.1 Å². The van der Waals surface area contributed by atoms with E-state index in [1.165, 1.54) is 0 Å². The van der Waals surface area contributed by atoms with Crippen molar-refractivity contribution in [3.05, 3.63) is 30.1 Å². The predicted octanol–water partition coefficient (Wildman–Crippen LogP) is 1.95. The van der Waals surface area contributed by atoms with E-state index in [0.29, 0.717) is 0 Å². The number of aromatic nitrogens is 2. The molecule has 2 rings (SSSR count). The fraction of sp³-hybridized carbons (Fsp3) is 0.200. The van der Waals surface area contributed by atoms with Gasteiger partial charge < -0.3 is 4.74 Å². The largest absolute Gasteiger partial charge is 0.495 e. The molecule has 0 atom stereocenters. The van der Waals surface area contributed by atoms with E-state index in [2.05, 4.69) is 9.97 Å². The van der Waals surface area contributed by atoms with Crippen molar-refractivity contribution in [1.82, 2.24) is 9.97 Å². The van der Waals surface area contributed by atoms with Crippen LogP contribution >= 0.6 is 0 Å². The molecule has 0 aliphatic carbocycles. The molecule has 0 aromatic carbocycles. The highest BCUT2D eigenvalue weighted by molar-refractivity contribution is 5.80. The fourth-order valence-electron chi connectivity index (χ4n) is 1.35. The molecule has 0 saturated heterocycles. The molecule has 66 valence electrons. The van der Waals surface area contributed by atoms with Crippen molar-refractivity contribution in [2.45, 2.75) is 6.92 Å². The van der Waals surface area contributed by atoms with Gasteiger partial charge in [-0.25, -0.2) is 9.97 Å². The first kappa shape index (κ1) is 7.98. The lowest BCUT2D eigenvalue weighted by molar-refractivity contribution is 0.410. The van der Waals surface area contributed by atoms with Crippen molar-refractivity contribution in [2.75, 3.05) is 7.11 Å². The lowest BCUT2D eigenvalue weighted by atomic mass is 10.2. The normalized spacial score (nSPS) is 10.3. The van der Waals surface area contributed by atoms with Gasteiger partial charge in [0.2, 0.25) is 0 Å². The number of methoxy groups -OCH3 is 1. The number of hydrogen-bond donors (Lipinski definition) is 0. The molecule has 3 heteroatoms. The lowest BCUT2D eigenvalue weighted by Gasteiger charge is -2.05. The van der Waals surface area contributed by atoms with Gasteiger partial charge in [0.1, 0.15) is 5.75 Å². The molecule has 0 unspecified atom stereocenters. The Bertz CT molecular complexity index is 440. The van der Waals surface area contributed by atoms with E-state index < -0.39 is 0 Å². The average molecular weight is 174 g/mol. The highest BCUT2D eigenvalue weighted by Crippen LogP contribution is 2.22. The first-order valence-corrected chi connectivity index (χ1v) is 4.07. The molecule has 0 aliphatic rings. The van der Waals surface area contributed by atoms with Crippen LogP contribution in [0.4, 0.5) is 0 Å². The third kappa shape index (κ3) is 1.22. The zero-order chi connectivity index (χ0) is 9.26. The maximum Gasteiger partial charge on any atom is 0.159 e. The van der Waals surface area contributed by atoms with Crippen molar-refractivity contribution >= 4 is 11.0 Å². The maximum atomic E-state index is 5.16. The molecule has 0 aliphatic heterocycles. The summed E-state index contributed by atoms with van der Waals surface area (Å²) in [5.41, 5.74) is 1.85. The Kier molecular flexibility index (Phi) is 1.85. The van der Waals surface area contributed by atoms with Crippen molar-refractivity contribution in [2.24, 2.45) is 0 Å². The van der Waals surface area contributed by atoms with Crippen LogP contribution in [0.1, 0.15) is 5.56 Å². The summed E-state index contributed by atoms with van der Waals surface area (Å²) in [6.45, 7) is 2.00. The Morgan fingerprint density at radius 1 is 1.31 bits per heavy atom. The van der Waals surface area contributed by atoms with E-state index in [1.54, 1.807) is 19.5 Å². The average Bonchev–Trinajstić information content (AvgIpc) is 2.19. The summed E-state index contributed by atoms with van der Waals surface area (Å²) >= 11 is 0. The van der Waals surface area contributed by atoms with E-state index in [1.807, 2.05) is 19.1 Å². The van der Waals surface area contributed by atoms with Gasteiger partial charge in [0, 0.05) is 17.1 Å². The van der Waals surface area contributed by atoms with Crippen LogP contribution in [0.3, 0.4) is 0 Å². The number of hydrogen-bond acceptors (Lipinski definition) is 3. The summed E-state index contributed by atoms with van der Waals surface area (Å²) in [6, 6.07) is 3.89. The number of nitrogens with zero attached hydrogens (tertiary/aromatic N) is 2. The minimum absolute atomic E-state index is 0.765. The third-order valence-corrected chi connectivity index (χ3v) is 2.08. The molecule has 0 radical (unpaired) electrons. The minimum Gasteiger partial charge on any atom is -0.495 e. The molecule has 0 bridgehead atoms. The summed E-state index contributed by atoms with van der Waals surface area (Å²) in [5, 5.41) is 1.04. The standard InChI is InChI=1S/C10H10N2O/c1-7-8-4-3-5-11-10(8)12-6-9(7)13-2/h3-6H,1-2H3. The molecule has 2 aromatic heterocycles. The number of aryl methyl sites for hydroxylation is 1. The van der Waals surface area contributed by atoms with Crippen LogP contribution in [0.25, 0.3) is 11.0 Å². The number of rotatable bonds is 1. The molecule has 0 amide bonds. The molecular formula is C10H10N2O. The van der Waals surface area contributed by atoms with Crippen LogP contribution in [0, 0.1) is 6.92 Å². The zero-order valence-corrected chi connectivity index (χ0v) is 7.61. The maximum absolute atomic E-state index is 5.16. The topological polar surface area (TPSA) is 35.0 Å². The molecule has 0 saturated carbocycles. The van der Waals surface area contributed by atoms with Gasteiger partial charge in [-0.05, 0) is 19.1 Å². The van der Waals surface area contributed by atoms with Crippen LogP contribution in [0.2, 0.25) is 0 Å². The van der Waals surface area contributed by atoms with E-state index in [0.717, 1.165) is 22.3 Å². The Balaban J connectivity index is 2.79. The summed E-state index contributed by atoms with van der Waals surface area (Å²) in [6.07, 6.45) is 3.44. The quantitative estimate of drug-likeness (QED) is 0.662. The van der Waals surface area contributed by atoms with E-state index in [4.69, 9.17) is 4.74 Å². The van der Waals surface area contributed by atoms with Gasteiger partial charge in [-0.2, -0.15) is 0 Å². The van der Waals surface area contributed by atoms with Gasteiger partial charge in [-0.3, -0.25) is 0 Å². The minimum atomic E-state index is 0.765. The highest BCUT2D eigenvalue weighted by Gasteiger charge is 2.03. The van der Waals surface area contributed by atoms with Gasteiger partial charge in [0.25, 0.3) is 0 Å². The van der Waals surface area contributed by atoms with E-state index in [9.17, 15) is 0 Å². The molecule has 2 heterocycles. The van der Waals surface area contributed by atoms with Crippen LogP contribution in [0.5, 0.6) is 5.75 Å². The van der Waals surface area contributed by atoms with Gasteiger partial charge in [0.05, 0.1) is 13.3 Å². The van der Waals surface area contributed by atoms with E-state index in [-0.39, 0.29) is 0 Å². The second kappa shape index (κ2) is 3.01. The Labute approximate surface area is 76.4 Å². The molecule has 2 aromatic rings. The van der Waals surface area contributed by atoms with Gasteiger partial charge in [-0.1, -0.05) is 0 Å². The van der Waals surface area contributed by atoms with Gasteiger partial charge in [-0.15, -0.1) is 0 Å². The number of ether oxygens (including phenoxy) is 1. The van der Waals surface area contributed by atoms with Gasteiger partial charge in [0.15, 0.2) is 5.65 Å². The molecule has 13 heavy (non-hydrogen) atoms. The van der Waals surface area contributed by atoms with Crippen LogP contribution < -0.4 is 4.74 Å². The fourth-order valence-corrected chi connectivity index (χ4v) is 1.35. The Morgan fingerprint density at radius 3 is 2.92 bits per heavy atom. The van der Waals surface area contributed by atoms with E-state index >= 15 is 0 Å². The van der Waals surface area contributed by atoms with Crippen molar-refractivity contribution in [3.63, 3.8) is 0 Å². The summed E-state index contributed by atoms with van der Waals surface area (Å²) in [4.78, 5) is 8.33. The molecule has 0 spiro atoms. The molecule has 0 fully saturated rings. The SMILES string of the molecule is COc1cnc2ncccc2c1C. The number of pyridine rings is 2. The summed E-state index contributed by atoms with van der Waals surface area (Å²) in [5.74, 6) is 0.806. The van der Waals surface area contributed by atoms with Crippen molar-refractivity contribution in [1.29, 1.82) is 0 Å². The lowest BCUT2D eigenvalue weighted by Crippen LogP contribution is -1.91. The van der Waals surface area contributed by atoms with Crippen LogP contribution in [-0.2, 0) is 0 Å².